The van der Waals surface area contributed by atoms with E-state index in [1.165, 1.54) is 83.5 Å². The van der Waals surface area contributed by atoms with Gasteiger partial charge in [0.25, 0.3) is 0 Å². The van der Waals surface area contributed by atoms with Crippen molar-refractivity contribution in [1.82, 2.24) is 0 Å². The number of carboxylic acid groups (broad SMARTS) is 1. The van der Waals surface area contributed by atoms with E-state index in [1.54, 1.807) is 0 Å². The molecule has 0 rings (SSSR count). The normalized spacial score (nSPS) is 10.2. The van der Waals surface area contributed by atoms with Gasteiger partial charge in [-0.2, -0.15) is 0 Å². The van der Waals surface area contributed by atoms with E-state index in [0.29, 0.717) is 6.42 Å². The van der Waals surface area contributed by atoms with E-state index in [0.717, 1.165) is 12.8 Å². The van der Waals surface area contributed by atoms with E-state index in [2.05, 4.69) is 6.92 Å². The summed E-state index contributed by atoms with van der Waals surface area (Å²) in [4.78, 5) is 10.3. The van der Waals surface area contributed by atoms with Crippen molar-refractivity contribution in [2.45, 2.75) is 110 Å². The van der Waals surface area contributed by atoms with Gasteiger partial charge in [0.05, 0.1) is 0 Å². The molecule has 0 saturated heterocycles. The fraction of sp³-hybridized carbons (Fsp3) is 0.944. The first-order valence-electron chi connectivity index (χ1n) is 9.76. The molecule has 0 fully saturated rings. The molecule has 0 aliphatic carbocycles. The number of rotatable bonds is 16. The van der Waals surface area contributed by atoms with Crippen molar-refractivity contribution >= 4 is 13.3 Å². The molecule has 0 aliphatic heterocycles. The van der Waals surface area contributed by atoms with Crippen LogP contribution in [0.15, 0.2) is 0 Å². The molecule has 6 heteroatoms. The van der Waals surface area contributed by atoms with E-state index < -0.39 is 13.3 Å². The van der Waals surface area contributed by atoms with Gasteiger partial charge < -0.3 is 20.2 Å². The van der Waals surface area contributed by atoms with Crippen molar-refractivity contribution < 1.29 is 25.0 Å². The van der Waals surface area contributed by atoms with Crippen molar-refractivity contribution in [1.29, 1.82) is 0 Å². The molecule has 0 amide bonds. The van der Waals surface area contributed by atoms with Crippen molar-refractivity contribution in [2.24, 2.45) is 0 Å². The summed E-state index contributed by atoms with van der Waals surface area (Å²) in [5.41, 5.74) is 0. The van der Waals surface area contributed by atoms with E-state index in [4.69, 9.17) is 20.2 Å². The molecule has 0 aromatic carbocycles. The highest BCUT2D eigenvalue weighted by molar-refractivity contribution is 6.30. The third kappa shape index (κ3) is 33.1. The zero-order valence-electron chi connectivity index (χ0n) is 15.6. The van der Waals surface area contributed by atoms with Gasteiger partial charge in [0.15, 0.2) is 0 Å². The molecule has 0 aromatic heterocycles. The van der Waals surface area contributed by atoms with Crippen LogP contribution in [0.4, 0.5) is 0 Å². The first-order chi connectivity index (χ1) is 11.5. The van der Waals surface area contributed by atoms with Crippen LogP contribution >= 0.6 is 0 Å². The largest absolute Gasteiger partial charge is 0.631 e. The molecule has 0 aliphatic rings. The predicted octanol–water partition coefficient (Wildman–Crippen LogP) is 4.28. The van der Waals surface area contributed by atoms with Crippen LogP contribution in [0.2, 0.25) is 0 Å². The average molecular weight is 346 g/mol. The molecule has 0 unspecified atom stereocenters. The number of carboxylic acids is 1. The van der Waals surface area contributed by atoms with Crippen molar-refractivity contribution in [3.63, 3.8) is 0 Å². The van der Waals surface area contributed by atoms with Gasteiger partial charge in [0.1, 0.15) is 0 Å². The topological polar surface area (TPSA) is 98.0 Å². The average Bonchev–Trinajstić information content (AvgIpc) is 2.50. The van der Waals surface area contributed by atoms with Crippen molar-refractivity contribution in [3.05, 3.63) is 0 Å². The lowest BCUT2D eigenvalue weighted by Crippen LogP contribution is -2.07. The fourth-order valence-electron chi connectivity index (χ4n) is 2.65. The molecule has 0 atom stereocenters. The van der Waals surface area contributed by atoms with Gasteiger partial charge in [-0.15, -0.1) is 0 Å². The molecule has 144 valence electrons. The Balaban J connectivity index is 0. The highest BCUT2D eigenvalue weighted by Gasteiger charge is 1.97. The summed E-state index contributed by atoms with van der Waals surface area (Å²) < 4.78 is 0. The molecule has 0 spiro atoms. The minimum absolute atomic E-state index is 0.345. The maximum atomic E-state index is 10.3. The molecule has 0 saturated carbocycles. The van der Waals surface area contributed by atoms with Crippen LogP contribution in [0, 0.1) is 0 Å². The van der Waals surface area contributed by atoms with E-state index in [9.17, 15) is 4.79 Å². The summed E-state index contributed by atoms with van der Waals surface area (Å²) in [7, 11) is -2.17. The minimum atomic E-state index is -2.17. The zero-order chi connectivity index (χ0) is 18.5. The zero-order valence-corrected chi connectivity index (χ0v) is 15.6. The van der Waals surface area contributed by atoms with E-state index in [1.807, 2.05) is 0 Å². The monoisotopic (exact) mass is 346 g/mol. The highest BCUT2D eigenvalue weighted by atomic mass is 16.5. The third-order valence-electron chi connectivity index (χ3n) is 3.99. The number of carbonyl (C=O) groups is 1. The van der Waals surface area contributed by atoms with Gasteiger partial charge in [-0.3, -0.25) is 4.79 Å². The lowest BCUT2D eigenvalue weighted by atomic mass is 10.0. The van der Waals surface area contributed by atoms with Crippen LogP contribution < -0.4 is 0 Å². The lowest BCUT2D eigenvalue weighted by Gasteiger charge is -2.03. The Bertz CT molecular complexity index is 247. The summed E-state index contributed by atoms with van der Waals surface area (Å²) in [5.74, 6) is -0.653. The summed E-state index contributed by atoms with van der Waals surface area (Å²) >= 11 is 0. The van der Waals surface area contributed by atoms with Crippen LogP contribution in [0.5, 0.6) is 0 Å². The molecule has 0 heterocycles. The number of hydrogen-bond donors (Lipinski definition) is 4. The second kappa shape index (κ2) is 22.4. The quantitative estimate of drug-likeness (QED) is 0.247. The van der Waals surface area contributed by atoms with Crippen LogP contribution in [0.3, 0.4) is 0 Å². The minimum Gasteiger partial charge on any atom is -0.481 e. The maximum absolute atomic E-state index is 10.3. The fourth-order valence-corrected chi connectivity index (χ4v) is 2.65. The Morgan fingerprint density at radius 3 is 1.12 bits per heavy atom. The Hall–Kier alpha value is -0.585. The van der Waals surface area contributed by atoms with E-state index in [-0.39, 0.29) is 0 Å². The first kappa shape index (κ1) is 25.7. The van der Waals surface area contributed by atoms with Gasteiger partial charge >= 0.3 is 13.3 Å². The molecular weight excluding hydrogens is 307 g/mol. The number of aliphatic carboxylic acids is 1. The molecule has 0 bridgehead atoms. The standard InChI is InChI=1S/C18H36O2.BH3O3/c1-2-3-4-5-6-7-8-9-10-11-12-13-14-15-16-17-18(19)20;2-1(3)4/h2-17H2,1H3,(H,19,20);2-4H. The lowest BCUT2D eigenvalue weighted by molar-refractivity contribution is -0.137. The van der Waals surface area contributed by atoms with Crippen LogP contribution in [0.1, 0.15) is 110 Å². The summed E-state index contributed by atoms with van der Waals surface area (Å²) in [6, 6.07) is 0. The summed E-state index contributed by atoms with van der Waals surface area (Å²) in [5, 5.41) is 30.0. The molecule has 24 heavy (non-hydrogen) atoms. The predicted molar refractivity (Wildman–Crippen MR) is 99.6 cm³/mol. The number of unbranched alkanes of at least 4 members (excludes halogenated alkanes) is 14. The van der Waals surface area contributed by atoms with Gasteiger partial charge in [0.2, 0.25) is 0 Å². The smallest absolute Gasteiger partial charge is 0.481 e. The Morgan fingerprint density at radius 1 is 0.625 bits per heavy atom. The Morgan fingerprint density at radius 2 is 0.875 bits per heavy atom. The van der Waals surface area contributed by atoms with Crippen molar-refractivity contribution in [3.8, 4) is 0 Å². The molecule has 0 radical (unpaired) electrons. The summed E-state index contributed by atoms with van der Waals surface area (Å²) in [6.45, 7) is 2.27. The van der Waals surface area contributed by atoms with Gasteiger partial charge in [-0.25, -0.2) is 0 Å². The molecule has 4 N–H and O–H groups in total. The Labute approximate surface area is 148 Å². The van der Waals surface area contributed by atoms with Crippen LogP contribution in [0.25, 0.3) is 0 Å². The van der Waals surface area contributed by atoms with Crippen molar-refractivity contribution in [2.75, 3.05) is 0 Å². The highest BCUT2D eigenvalue weighted by Crippen LogP contribution is 2.13. The van der Waals surface area contributed by atoms with Gasteiger partial charge in [-0.05, 0) is 6.42 Å². The van der Waals surface area contributed by atoms with Gasteiger partial charge in [-0.1, -0.05) is 96.8 Å². The Kier molecular flexibility index (Phi) is 24.0. The molecule has 5 nitrogen and oxygen atoms in total. The van der Waals surface area contributed by atoms with Crippen LogP contribution in [-0.4, -0.2) is 33.5 Å². The second-order valence-electron chi connectivity index (χ2n) is 6.44. The second-order valence-corrected chi connectivity index (χ2v) is 6.44. The SMILES string of the molecule is CCCCCCCCCCCCCCCCCC(=O)O.OB(O)O. The summed E-state index contributed by atoms with van der Waals surface area (Å²) in [6.07, 6.45) is 20.2. The molecule has 0 aromatic rings. The van der Waals surface area contributed by atoms with E-state index >= 15 is 0 Å². The third-order valence-corrected chi connectivity index (χ3v) is 3.99. The van der Waals surface area contributed by atoms with Gasteiger partial charge in [0, 0.05) is 6.42 Å². The maximum Gasteiger partial charge on any atom is 0.631 e. The first-order valence-corrected chi connectivity index (χ1v) is 9.76. The van der Waals surface area contributed by atoms with Crippen LogP contribution in [-0.2, 0) is 4.79 Å². The number of hydrogen-bond acceptors (Lipinski definition) is 4. The molecular formula is C18H39BO5.